The Morgan fingerprint density at radius 3 is 1.93 bits per heavy atom. The summed E-state index contributed by atoms with van der Waals surface area (Å²) in [6.45, 7) is 12.2. The molecule has 0 heterocycles. The van der Waals surface area contributed by atoms with Gasteiger partial charge in [-0.1, -0.05) is 39.3 Å². The summed E-state index contributed by atoms with van der Waals surface area (Å²) < 4.78 is 11.1. The third kappa shape index (κ3) is 4.66. The molecule has 0 fully saturated rings. The van der Waals surface area contributed by atoms with Crippen molar-refractivity contribution in [3.63, 3.8) is 0 Å². The maximum atomic E-state index is 5.74. The Labute approximate surface area is 97.0 Å². The predicted molar refractivity (Wildman–Crippen MR) is 69.2 cm³/mol. The molecule has 0 spiro atoms. The van der Waals surface area contributed by atoms with Gasteiger partial charge < -0.3 is 9.47 Å². The van der Waals surface area contributed by atoms with Gasteiger partial charge in [-0.3, -0.25) is 0 Å². The summed E-state index contributed by atoms with van der Waals surface area (Å²) in [6.07, 6.45) is 0. The van der Waals surface area contributed by atoms with Crippen LogP contribution in [0.4, 0.5) is 0 Å². The van der Waals surface area contributed by atoms with Gasteiger partial charge >= 0.3 is 0 Å². The van der Waals surface area contributed by atoms with E-state index in [1.54, 1.807) is 7.11 Å². The summed E-state index contributed by atoms with van der Waals surface area (Å²) in [5.74, 6) is 0.760. The van der Waals surface area contributed by atoms with E-state index >= 15 is 0 Å². The molecule has 2 nitrogen and oxygen atoms in total. The molecule has 0 radical (unpaired) electrons. The van der Waals surface area contributed by atoms with E-state index in [-0.39, 0.29) is 5.22 Å². The van der Waals surface area contributed by atoms with Gasteiger partial charge in [0, 0.05) is 14.2 Å². The van der Waals surface area contributed by atoms with Crippen LogP contribution in [0.5, 0.6) is 0 Å². The lowest BCUT2D eigenvalue weighted by Gasteiger charge is -2.38. The summed E-state index contributed by atoms with van der Waals surface area (Å²) in [4.78, 5) is 0. The number of rotatable bonds is 7. The van der Waals surface area contributed by atoms with Gasteiger partial charge in [0.1, 0.15) is 0 Å². The van der Waals surface area contributed by atoms with Crippen molar-refractivity contribution in [1.29, 1.82) is 0 Å². The van der Waals surface area contributed by atoms with E-state index < -0.39 is 8.80 Å². The Hall–Kier alpha value is 0.137. The first-order valence-electron chi connectivity index (χ1n) is 5.91. The van der Waals surface area contributed by atoms with Crippen molar-refractivity contribution >= 4 is 8.80 Å². The molecule has 2 atom stereocenters. The molecule has 0 rings (SSSR count). The number of hydrogen-bond acceptors (Lipinski definition) is 2. The molecule has 0 bridgehead atoms. The van der Waals surface area contributed by atoms with E-state index in [0.717, 1.165) is 18.1 Å². The minimum absolute atomic E-state index is 0.0206. The molecule has 0 aliphatic rings. The van der Waals surface area contributed by atoms with Crippen LogP contribution in [0.15, 0.2) is 0 Å². The first-order chi connectivity index (χ1) is 6.87. The van der Waals surface area contributed by atoms with Gasteiger partial charge in [-0.05, 0) is 12.8 Å². The first-order valence-corrected chi connectivity index (χ1v) is 7.97. The molecule has 92 valence electrons. The average molecular weight is 232 g/mol. The lowest BCUT2D eigenvalue weighted by molar-refractivity contribution is 0.00162. The first kappa shape index (κ1) is 15.1. The van der Waals surface area contributed by atoms with Crippen molar-refractivity contribution in [3.8, 4) is 0 Å². The maximum Gasteiger partial charge on any atom is 0.0810 e. The highest BCUT2D eigenvalue weighted by atomic mass is 28.3. The summed E-state index contributed by atoms with van der Waals surface area (Å²) in [5, 5.41) is -0.0206. The molecule has 0 N–H and O–H groups in total. The Morgan fingerprint density at radius 1 is 1.13 bits per heavy atom. The van der Waals surface area contributed by atoms with Crippen LogP contribution in [0.25, 0.3) is 0 Å². The Balaban J connectivity index is 4.68. The third-order valence-electron chi connectivity index (χ3n) is 3.21. The van der Waals surface area contributed by atoms with E-state index in [4.69, 9.17) is 9.47 Å². The second kappa shape index (κ2) is 6.66. The third-order valence-corrected chi connectivity index (χ3v) is 8.24. The number of ether oxygens (including phenoxy) is 2. The normalized spacial score (nSPS) is 18.2. The SMILES string of the molecule is COCC(C)(OC)[SiH](CC(C)C)C(C)C. The molecule has 0 saturated carbocycles. The fourth-order valence-corrected chi connectivity index (χ4v) is 6.49. The van der Waals surface area contributed by atoms with Crippen LogP contribution >= 0.6 is 0 Å². The van der Waals surface area contributed by atoms with Crippen LogP contribution in [-0.2, 0) is 9.47 Å². The Bertz CT molecular complexity index is 171. The van der Waals surface area contributed by atoms with Crippen molar-refractivity contribution in [1.82, 2.24) is 0 Å². The smallest absolute Gasteiger partial charge is 0.0810 e. The average Bonchev–Trinajstić information content (AvgIpc) is 2.13. The van der Waals surface area contributed by atoms with Crippen LogP contribution in [0.1, 0.15) is 34.6 Å². The molecule has 15 heavy (non-hydrogen) atoms. The lowest BCUT2D eigenvalue weighted by Crippen LogP contribution is -2.50. The van der Waals surface area contributed by atoms with Crippen LogP contribution in [0, 0.1) is 5.92 Å². The van der Waals surface area contributed by atoms with Crippen LogP contribution in [-0.4, -0.2) is 34.8 Å². The Morgan fingerprint density at radius 2 is 1.67 bits per heavy atom. The van der Waals surface area contributed by atoms with Crippen molar-refractivity contribution in [3.05, 3.63) is 0 Å². The fraction of sp³-hybridized carbons (Fsp3) is 1.00. The van der Waals surface area contributed by atoms with Crippen LogP contribution in [0.2, 0.25) is 11.6 Å². The zero-order valence-corrected chi connectivity index (χ0v) is 12.6. The molecule has 0 aliphatic carbocycles. The Kier molecular flexibility index (Phi) is 6.72. The van der Waals surface area contributed by atoms with Crippen molar-refractivity contribution < 1.29 is 9.47 Å². The molecular weight excluding hydrogens is 204 g/mol. The zero-order valence-electron chi connectivity index (χ0n) is 11.5. The number of methoxy groups -OCH3 is 2. The van der Waals surface area contributed by atoms with Crippen LogP contribution in [0.3, 0.4) is 0 Å². The van der Waals surface area contributed by atoms with E-state index in [1.807, 2.05) is 7.11 Å². The molecular formula is C12H28O2Si. The quantitative estimate of drug-likeness (QED) is 0.628. The van der Waals surface area contributed by atoms with Gasteiger partial charge in [-0.25, -0.2) is 0 Å². The minimum Gasteiger partial charge on any atom is -0.382 e. The summed E-state index contributed by atoms with van der Waals surface area (Å²) in [7, 11) is 2.62. The topological polar surface area (TPSA) is 18.5 Å². The van der Waals surface area contributed by atoms with E-state index in [9.17, 15) is 0 Å². The lowest BCUT2D eigenvalue weighted by atomic mass is 10.3. The van der Waals surface area contributed by atoms with E-state index in [1.165, 1.54) is 6.04 Å². The summed E-state index contributed by atoms with van der Waals surface area (Å²) >= 11 is 0. The second-order valence-corrected chi connectivity index (χ2v) is 9.67. The van der Waals surface area contributed by atoms with Gasteiger partial charge in [0.05, 0.1) is 20.6 Å². The molecule has 0 aromatic carbocycles. The van der Waals surface area contributed by atoms with Crippen molar-refractivity contribution in [2.75, 3.05) is 20.8 Å². The molecule has 0 aliphatic heterocycles. The molecule has 2 unspecified atom stereocenters. The number of hydrogen-bond donors (Lipinski definition) is 0. The molecule has 3 heteroatoms. The van der Waals surface area contributed by atoms with Gasteiger partial charge in [0.2, 0.25) is 0 Å². The highest BCUT2D eigenvalue weighted by Gasteiger charge is 2.37. The maximum absolute atomic E-state index is 5.74. The van der Waals surface area contributed by atoms with Gasteiger partial charge in [-0.2, -0.15) is 0 Å². The second-order valence-electron chi connectivity index (χ2n) is 5.43. The molecule has 0 aromatic rings. The molecule has 0 amide bonds. The summed E-state index contributed by atoms with van der Waals surface area (Å²) in [6, 6.07) is 1.32. The summed E-state index contributed by atoms with van der Waals surface area (Å²) in [5.41, 5.74) is 0.757. The fourth-order valence-electron chi connectivity index (χ4n) is 2.34. The molecule has 0 saturated heterocycles. The van der Waals surface area contributed by atoms with Gasteiger partial charge in [0.15, 0.2) is 0 Å². The zero-order chi connectivity index (χ0) is 12.1. The predicted octanol–water partition coefficient (Wildman–Crippen LogP) is 2.87. The van der Waals surface area contributed by atoms with E-state index in [0.29, 0.717) is 0 Å². The van der Waals surface area contributed by atoms with Crippen LogP contribution < -0.4 is 0 Å². The molecule has 0 aromatic heterocycles. The largest absolute Gasteiger partial charge is 0.382 e. The van der Waals surface area contributed by atoms with Gasteiger partial charge in [-0.15, -0.1) is 0 Å². The highest BCUT2D eigenvalue weighted by Crippen LogP contribution is 2.29. The van der Waals surface area contributed by atoms with E-state index in [2.05, 4.69) is 34.6 Å². The monoisotopic (exact) mass is 232 g/mol. The van der Waals surface area contributed by atoms with Crippen molar-refractivity contribution in [2.45, 2.75) is 51.4 Å². The highest BCUT2D eigenvalue weighted by molar-refractivity contribution is 6.63. The van der Waals surface area contributed by atoms with Gasteiger partial charge in [0.25, 0.3) is 0 Å². The minimum atomic E-state index is -0.960. The van der Waals surface area contributed by atoms with Crippen molar-refractivity contribution in [2.24, 2.45) is 5.92 Å². The standard InChI is InChI=1S/C12H28O2Si/c1-10(2)8-15(11(3)4)12(5,14-7)9-13-6/h10-11,15H,8-9H2,1-7H3.